The van der Waals surface area contributed by atoms with Gasteiger partial charge in [0.15, 0.2) is 17.9 Å². The summed E-state index contributed by atoms with van der Waals surface area (Å²) >= 11 is 0. The van der Waals surface area contributed by atoms with E-state index in [0.717, 1.165) is 13.0 Å². The minimum Gasteiger partial charge on any atom is -0.507 e. The Morgan fingerprint density at radius 3 is 2.56 bits per heavy atom. The van der Waals surface area contributed by atoms with E-state index in [9.17, 15) is 34.8 Å². The molecular weight excluding hydrogens is 560 g/mol. The third kappa shape index (κ3) is 4.70. The molecule has 1 saturated heterocycles. The fourth-order valence-electron chi connectivity index (χ4n) is 6.56. The van der Waals surface area contributed by atoms with E-state index in [4.69, 9.17) is 14.2 Å². The van der Waals surface area contributed by atoms with Crippen LogP contribution >= 0.6 is 0 Å². The minimum absolute atomic E-state index is 0.00789. The number of rotatable bonds is 6. The molecule has 43 heavy (non-hydrogen) atoms. The molecule has 2 aromatic rings. The van der Waals surface area contributed by atoms with E-state index in [0.29, 0.717) is 0 Å². The molecule has 6 rings (SSSR count). The summed E-state index contributed by atoms with van der Waals surface area (Å²) < 4.78 is 17.6. The molecule has 12 nitrogen and oxygen atoms in total. The van der Waals surface area contributed by atoms with Gasteiger partial charge in [-0.25, -0.2) is 5.43 Å². The number of Topliss-reactive ketones (excluding diaryl/α,β-unsaturated/α-hetero) is 1. The molecule has 228 valence electrons. The fraction of sp³-hybridized carbons (Fsp3) is 0.452. The van der Waals surface area contributed by atoms with Gasteiger partial charge in [0, 0.05) is 48.7 Å². The first kappa shape index (κ1) is 29.3. The Bertz CT molecular complexity index is 1550. The number of ketones is 3. The topological polar surface area (TPSA) is 175 Å². The number of hydrazine groups is 1. The third-order valence-electron chi connectivity index (χ3n) is 8.91. The second kappa shape index (κ2) is 10.7. The number of phenolic OH excluding ortho intramolecular Hbond substituents is 2. The third-order valence-corrected chi connectivity index (χ3v) is 8.91. The number of aromatic hydroxyl groups is 2. The molecule has 0 amide bonds. The predicted molar refractivity (Wildman–Crippen MR) is 150 cm³/mol. The summed E-state index contributed by atoms with van der Waals surface area (Å²) in [7, 11) is 1.35. The number of nitrogens with zero attached hydrogens (tertiary/aromatic N) is 1. The van der Waals surface area contributed by atoms with Crippen LogP contribution in [0.15, 0.2) is 30.5 Å². The molecule has 0 radical (unpaired) electrons. The van der Waals surface area contributed by atoms with Gasteiger partial charge in [-0.1, -0.05) is 18.2 Å². The van der Waals surface area contributed by atoms with Crippen LogP contribution in [0.5, 0.6) is 17.2 Å². The van der Waals surface area contributed by atoms with Gasteiger partial charge in [-0.2, -0.15) is 0 Å². The van der Waals surface area contributed by atoms with Crippen LogP contribution in [0.1, 0.15) is 82.2 Å². The van der Waals surface area contributed by atoms with Crippen molar-refractivity contribution >= 4 is 17.3 Å². The van der Waals surface area contributed by atoms with Crippen LogP contribution < -0.4 is 10.2 Å². The summed E-state index contributed by atoms with van der Waals surface area (Å²) in [6, 6.07) is 4.00. The van der Waals surface area contributed by atoms with Crippen LogP contribution in [0.3, 0.4) is 0 Å². The number of benzene rings is 2. The van der Waals surface area contributed by atoms with E-state index in [1.807, 2.05) is 17.3 Å². The SMILES string of the molecule is COc1cccc2c1C(=O)c1c(O)c3c(c(O)c1C2=O)C[C@@](O)(C(C)=O)C[C@@H]3OC1CC(NN2C=CCC2)C(O)C(C)O1. The number of aliphatic hydroxyl groups is 2. The van der Waals surface area contributed by atoms with Crippen molar-refractivity contribution < 1.29 is 49.0 Å². The van der Waals surface area contributed by atoms with Crippen LogP contribution in [0, 0.1) is 0 Å². The zero-order valence-electron chi connectivity index (χ0n) is 24.0. The largest absolute Gasteiger partial charge is 0.507 e. The van der Waals surface area contributed by atoms with Gasteiger partial charge in [-0.15, -0.1) is 0 Å². The molecule has 1 fully saturated rings. The van der Waals surface area contributed by atoms with E-state index >= 15 is 0 Å². The molecule has 2 aliphatic heterocycles. The zero-order chi connectivity index (χ0) is 30.8. The average molecular weight is 595 g/mol. The zero-order valence-corrected chi connectivity index (χ0v) is 24.0. The highest BCUT2D eigenvalue weighted by atomic mass is 16.7. The van der Waals surface area contributed by atoms with E-state index in [1.165, 1.54) is 32.2 Å². The van der Waals surface area contributed by atoms with Gasteiger partial charge in [0.25, 0.3) is 0 Å². The average Bonchev–Trinajstić information content (AvgIpc) is 3.48. The van der Waals surface area contributed by atoms with Crippen molar-refractivity contribution in [3.05, 3.63) is 63.9 Å². The molecule has 12 heteroatoms. The molecular formula is C31H34N2O10. The van der Waals surface area contributed by atoms with Crippen molar-refractivity contribution in [2.24, 2.45) is 0 Å². The Morgan fingerprint density at radius 2 is 1.88 bits per heavy atom. The van der Waals surface area contributed by atoms with Crippen molar-refractivity contribution in [2.45, 2.75) is 75.8 Å². The molecule has 4 aliphatic rings. The Balaban J connectivity index is 1.43. The van der Waals surface area contributed by atoms with Crippen molar-refractivity contribution in [1.29, 1.82) is 0 Å². The highest BCUT2D eigenvalue weighted by molar-refractivity contribution is 6.31. The van der Waals surface area contributed by atoms with Crippen LogP contribution in [0.4, 0.5) is 0 Å². The molecule has 0 bridgehead atoms. The number of hydrogen-bond acceptors (Lipinski definition) is 12. The Hall–Kier alpha value is -3.81. The number of methoxy groups -OCH3 is 1. The highest BCUT2D eigenvalue weighted by Gasteiger charge is 2.49. The Kier molecular flexibility index (Phi) is 7.30. The lowest BCUT2D eigenvalue weighted by Crippen LogP contribution is -2.57. The van der Waals surface area contributed by atoms with E-state index in [-0.39, 0.29) is 40.8 Å². The maximum atomic E-state index is 13.8. The molecule has 4 unspecified atom stereocenters. The van der Waals surface area contributed by atoms with Gasteiger partial charge >= 0.3 is 0 Å². The van der Waals surface area contributed by atoms with E-state index < -0.39 is 82.6 Å². The van der Waals surface area contributed by atoms with Crippen molar-refractivity contribution in [1.82, 2.24) is 10.4 Å². The van der Waals surface area contributed by atoms with Crippen LogP contribution in [0.25, 0.3) is 0 Å². The molecule has 6 atom stereocenters. The highest BCUT2D eigenvalue weighted by Crippen LogP contribution is 2.52. The van der Waals surface area contributed by atoms with Crippen LogP contribution in [-0.2, 0) is 20.7 Å². The first-order valence-corrected chi connectivity index (χ1v) is 14.2. The van der Waals surface area contributed by atoms with Crippen molar-refractivity contribution in [2.75, 3.05) is 13.7 Å². The number of fused-ring (bicyclic) bond motifs is 3. The number of phenols is 2. The number of aliphatic hydroxyl groups excluding tert-OH is 1. The molecule has 0 saturated carbocycles. The van der Waals surface area contributed by atoms with E-state index in [1.54, 1.807) is 6.92 Å². The van der Waals surface area contributed by atoms with Crippen LogP contribution in [-0.4, -0.2) is 86.6 Å². The van der Waals surface area contributed by atoms with Gasteiger partial charge in [0.2, 0.25) is 5.78 Å². The van der Waals surface area contributed by atoms with E-state index in [2.05, 4.69) is 5.43 Å². The van der Waals surface area contributed by atoms with Gasteiger partial charge in [-0.05, 0) is 26.3 Å². The molecule has 5 N–H and O–H groups in total. The van der Waals surface area contributed by atoms with Gasteiger partial charge in [0.05, 0.1) is 48.2 Å². The summed E-state index contributed by atoms with van der Waals surface area (Å²) in [5.74, 6) is -3.11. The lowest BCUT2D eigenvalue weighted by atomic mass is 9.72. The predicted octanol–water partition coefficient (Wildman–Crippen LogP) is 1.79. The second-order valence-corrected chi connectivity index (χ2v) is 11.6. The monoisotopic (exact) mass is 594 g/mol. The molecule has 2 aromatic carbocycles. The van der Waals surface area contributed by atoms with Gasteiger partial charge in [0.1, 0.15) is 22.8 Å². The van der Waals surface area contributed by atoms with Crippen LogP contribution in [0.2, 0.25) is 0 Å². The molecule has 2 aliphatic carbocycles. The number of carbonyl (C=O) groups excluding carboxylic acids is 3. The number of ether oxygens (including phenoxy) is 3. The Morgan fingerprint density at radius 1 is 1.14 bits per heavy atom. The molecule has 0 spiro atoms. The molecule has 2 heterocycles. The van der Waals surface area contributed by atoms with Gasteiger partial charge < -0.3 is 39.6 Å². The number of nitrogens with one attached hydrogen (secondary N) is 1. The second-order valence-electron chi connectivity index (χ2n) is 11.6. The fourth-order valence-corrected chi connectivity index (χ4v) is 6.56. The normalized spacial score (nSPS) is 29.7. The quantitative estimate of drug-likeness (QED) is 0.262. The summed E-state index contributed by atoms with van der Waals surface area (Å²) in [4.78, 5) is 40.1. The lowest BCUT2D eigenvalue weighted by Gasteiger charge is -2.43. The molecule has 0 aromatic heterocycles. The summed E-state index contributed by atoms with van der Waals surface area (Å²) in [6.07, 6.45) is 0.442. The summed E-state index contributed by atoms with van der Waals surface area (Å²) in [5, 5.41) is 47.2. The summed E-state index contributed by atoms with van der Waals surface area (Å²) in [5.41, 5.74) is 0.291. The number of hydrogen-bond donors (Lipinski definition) is 5. The lowest BCUT2D eigenvalue weighted by molar-refractivity contribution is -0.252. The smallest absolute Gasteiger partial charge is 0.202 e. The minimum atomic E-state index is -2.00. The maximum Gasteiger partial charge on any atom is 0.202 e. The standard InChI is InChI=1S/C31H34N2O10/c1-14-26(35)18(32-33-9-4-5-10-33)11-21(42-14)43-20-13-31(40,15(2)34)12-17-23(20)30(39)25-24(28(17)37)27(36)16-7-6-8-19(41-3)22(16)29(25)38/h4,6-9,14,18,20-21,26,32,35,37,39-40H,5,10-13H2,1-3H3/t14?,18?,20-,21?,26?,31-/m0/s1. The van der Waals surface area contributed by atoms with Gasteiger partial charge in [-0.3, -0.25) is 14.4 Å². The maximum absolute atomic E-state index is 13.8. The number of carbonyl (C=O) groups is 3. The van der Waals surface area contributed by atoms with Crippen molar-refractivity contribution in [3.8, 4) is 17.2 Å². The summed E-state index contributed by atoms with van der Waals surface area (Å²) in [6.45, 7) is 3.61. The first-order chi connectivity index (χ1) is 20.4. The van der Waals surface area contributed by atoms with Crippen molar-refractivity contribution in [3.63, 3.8) is 0 Å². The Labute approximate surface area is 247 Å². The first-order valence-electron chi connectivity index (χ1n) is 14.2.